The summed E-state index contributed by atoms with van der Waals surface area (Å²) in [7, 11) is -3.24. The summed E-state index contributed by atoms with van der Waals surface area (Å²) in [5.74, 6) is 11.7. The highest BCUT2D eigenvalue weighted by Crippen LogP contribution is 2.42. The maximum atomic E-state index is 6.79. The first-order valence-electron chi connectivity index (χ1n) is 12.1. The van der Waals surface area contributed by atoms with Crippen molar-refractivity contribution in [1.29, 1.82) is 0 Å². The zero-order valence-electron chi connectivity index (χ0n) is 21.7. The maximum Gasteiger partial charge on any atom is 0.200 e. The van der Waals surface area contributed by atoms with Crippen molar-refractivity contribution in [3.63, 3.8) is 0 Å². The van der Waals surface area contributed by atoms with E-state index in [1.165, 1.54) is 6.42 Å². The molecule has 30 heavy (non-hydrogen) atoms. The van der Waals surface area contributed by atoms with Crippen molar-refractivity contribution in [3.05, 3.63) is 0 Å². The van der Waals surface area contributed by atoms with E-state index in [1.807, 2.05) is 0 Å². The van der Waals surface area contributed by atoms with Crippen LogP contribution in [-0.4, -0.2) is 35.7 Å². The van der Waals surface area contributed by atoms with Gasteiger partial charge in [0, 0.05) is 18.4 Å². The Morgan fingerprint density at radius 2 is 1.47 bits per heavy atom. The maximum absolute atomic E-state index is 6.79. The molecule has 4 heteroatoms. The number of hydrogen-bond donors (Lipinski definition) is 0. The van der Waals surface area contributed by atoms with Gasteiger partial charge in [-0.05, 0) is 42.3 Å². The van der Waals surface area contributed by atoms with Crippen LogP contribution in [0.25, 0.3) is 0 Å². The second kappa shape index (κ2) is 11.9. The molecular weight excluding hydrogens is 400 g/mol. The molecule has 1 aliphatic rings. The van der Waals surface area contributed by atoms with Crippen LogP contribution in [0.15, 0.2) is 0 Å². The van der Waals surface area contributed by atoms with Gasteiger partial charge >= 0.3 is 0 Å². The lowest BCUT2D eigenvalue weighted by atomic mass is 10.0. The SMILES string of the molecule is CC(C)[Si](OCC[C@H](OCC#C[C@@H]1C[C@H]1C)[C@H](C)C#C[Si](C)(C)C)(C(C)C)C(C)C. The van der Waals surface area contributed by atoms with Gasteiger partial charge in [0.2, 0.25) is 0 Å². The molecule has 0 aromatic rings. The smallest absolute Gasteiger partial charge is 0.200 e. The van der Waals surface area contributed by atoms with Crippen LogP contribution >= 0.6 is 0 Å². The van der Waals surface area contributed by atoms with Crippen LogP contribution in [0, 0.1) is 41.1 Å². The Bertz CT molecular complexity index is 618. The van der Waals surface area contributed by atoms with Crippen molar-refractivity contribution in [1.82, 2.24) is 0 Å². The predicted molar refractivity (Wildman–Crippen MR) is 137 cm³/mol. The highest BCUT2D eigenvalue weighted by atomic mass is 28.4. The van der Waals surface area contributed by atoms with Gasteiger partial charge in [0.05, 0.1) is 6.10 Å². The van der Waals surface area contributed by atoms with Crippen LogP contribution in [0.4, 0.5) is 0 Å². The molecule has 0 spiro atoms. The van der Waals surface area contributed by atoms with E-state index >= 15 is 0 Å². The van der Waals surface area contributed by atoms with E-state index in [9.17, 15) is 0 Å². The molecule has 0 unspecified atom stereocenters. The van der Waals surface area contributed by atoms with Crippen LogP contribution in [-0.2, 0) is 9.16 Å². The van der Waals surface area contributed by atoms with Crippen LogP contribution in [0.5, 0.6) is 0 Å². The van der Waals surface area contributed by atoms with Gasteiger partial charge < -0.3 is 9.16 Å². The summed E-state index contributed by atoms with van der Waals surface area (Å²) in [6, 6.07) is 0. The van der Waals surface area contributed by atoms with E-state index in [2.05, 4.69) is 98.3 Å². The molecule has 1 fully saturated rings. The Balaban J connectivity index is 2.81. The van der Waals surface area contributed by atoms with Gasteiger partial charge in [0.15, 0.2) is 8.32 Å². The monoisotopic (exact) mass is 448 g/mol. The third kappa shape index (κ3) is 8.54. The van der Waals surface area contributed by atoms with Crippen molar-refractivity contribution in [2.75, 3.05) is 13.2 Å². The van der Waals surface area contributed by atoms with E-state index in [0.717, 1.165) is 18.9 Å². The minimum atomic E-state index is -1.84. The van der Waals surface area contributed by atoms with Gasteiger partial charge in [-0.2, -0.15) is 0 Å². The Hall–Kier alpha value is -0.526. The molecule has 172 valence electrons. The molecule has 0 bridgehead atoms. The standard InChI is InChI=1S/C26H48O2Si2/c1-20(2)30(21(3)4,22(5)6)28-17-14-26(23(7)15-18-29(9,10)11)27-16-12-13-25-19-24(25)8/h20-26H,14,16-17,19H2,1-11H3/t23-,24-,25-,26+/m1/s1. The van der Waals surface area contributed by atoms with Crippen LogP contribution < -0.4 is 0 Å². The summed E-state index contributed by atoms with van der Waals surface area (Å²) in [6.07, 6.45) is 2.22. The number of hydrogen-bond acceptors (Lipinski definition) is 2. The van der Waals surface area contributed by atoms with Gasteiger partial charge in [-0.1, -0.05) is 79.9 Å². The lowest BCUT2D eigenvalue weighted by molar-refractivity contribution is 0.0362. The summed E-state index contributed by atoms with van der Waals surface area (Å²) in [6.45, 7) is 26.7. The Morgan fingerprint density at radius 1 is 0.933 bits per heavy atom. The highest BCUT2D eigenvalue weighted by molar-refractivity contribution is 6.83. The minimum Gasteiger partial charge on any atom is -0.416 e. The topological polar surface area (TPSA) is 18.5 Å². The summed E-state index contributed by atoms with van der Waals surface area (Å²) >= 11 is 0. The van der Waals surface area contributed by atoms with E-state index in [0.29, 0.717) is 29.1 Å². The number of ether oxygens (including phenoxy) is 1. The van der Waals surface area contributed by atoms with Gasteiger partial charge in [0.1, 0.15) is 14.7 Å². The average Bonchev–Trinajstić information content (AvgIpc) is 3.31. The van der Waals surface area contributed by atoms with Gasteiger partial charge in [-0.3, -0.25) is 0 Å². The molecule has 0 amide bonds. The van der Waals surface area contributed by atoms with Gasteiger partial charge in [-0.25, -0.2) is 0 Å². The molecule has 0 saturated heterocycles. The van der Waals surface area contributed by atoms with Gasteiger partial charge in [0.25, 0.3) is 0 Å². The fourth-order valence-corrected chi connectivity index (χ4v) is 10.7. The second-order valence-electron chi connectivity index (χ2n) is 11.3. The van der Waals surface area contributed by atoms with Crippen LogP contribution in [0.1, 0.15) is 68.2 Å². The molecular formula is C26H48O2Si2. The molecule has 1 saturated carbocycles. The molecule has 0 aromatic heterocycles. The normalized spacial score (nSPS) is 21.1. The fourth-order valence-electron chi connectivity index (χ4n) is 4.60. The third-order valence-corrected chi connectivity index (χ3v) is 13.5. The lowest BCUT2D eigenvalue weighted by Crippen LogP contribution is -2.48. The minimum absolute atomic E-state index is 0.0814. The molecule has 0 aliphatic heterocycles. The highest BCUT2D eigenvalue weighted by Gasteiger charge is 2.45. The Kier molecular flexibility index (Phi) is 10.9. The van der Waals surface area contributed by atoms with Crippen molar-refractivity contribution >= 4 is 16.4 Å². The first kappa shape index (κ1) is 27.5. The molecule has 0 heterocycles. The number of rotatable bonds is 10. The van der Waals surface area contributed by atoms with Crippen LogP contribution in [0.3, 0.4) is 0 Å². The van der Waals surface area contributed by atoms with Crippen molar-refractivity contribution < 1.29 is 9.16 Å². The average molecular weight is 449 g/mol. The van der Waals surface area contributed by atoms with Crippen molar-refractivity contribution in [3.8, 4) is 23.3 Å². The summed E-state index contributed by atoms with van der Waals surface area (Å²) in [5, 5.41) is 0. The van der Waals surface area contributed by atoms with Gasteiger partial charge in [-0.15, -0.1) is 11.5 Å². The van der Waals surface area contributed by atoms with E-state index in [1.54, 1.807) is 0 Å². The molecule has 4 atom stereocenters. The fraction of sp³-hybridized carbons (Fsp3) is 0.846. The molecule has 1 rings (SSSR count). The summed E-state index contributed by atoms with van der Waals surface area (Å²) < 4.78 is 13.0. The Morgan fingerprint density at radius 3 is 1.90 bits per heavy atom. The first-order valence-corrected chi connectivity index (χ1v) is 17.7. The molecule has 0 aromatic carbocycles. The second-order valence-corrected chi connectivity index (χ2v) is 21.5. The van der Waals surface area contributed by atoms with Crippen molar-refractivity contribution in [2.45, 2.75) is 111 Å². The predicted octanol–water partition coefficient (Wildman–Crippen LogP) is 7.13. The lowest BCUT2D eigenvalue weighted by Gasteiger charge is -2.42. The van der Waals surface area contributed by atoms with E-state index < -0.39 is 16.4 Å². The molecule has 2 nitrogen and oxygen atoms in total. The van der Waals surface area contributed by atoms with Crippen LogP contribution in [0.2, 0.25) is 36.3 Å². The molecule has 0 radical (unpaired) electrons. The molecule has 1 aliphatic carbocycles. The van der Waals surface area contributed by atoms with E-state index in [-0.39, 0.29) is 12.0 Å². The Labute approximate surface area is 190 Å². The largest absolute Gasteiger partial charge is 0.416 e. The van der Waals surface area contributed by atoms with Crippen molar-refractivity contribution in [2.24, 2.45) is 17.8 Å². The summed E-state index contributed by atoms with van der Waals surface area (Å²) in [4.78, 5) is 0. The first-order chi connectivity index (χ1) is 13.8. The zero-order valence-corrected chi connectivity index (χ0v) is 23.7. The summed E-state index contributed by atoms with van der Waals surface area (Å²) in [5.41, 5.74) is 5.34. The zero-order chi connectivity index (χ0) is 23.1. The van der Waals surface area contributed by atoms with E-state index in [4.69, 9.17) is 9.16 Å². The molecule has 0 N–H and O–H groups in total. The quantitative estimate of drug-likeness (QED) is 0.261. The third-order valence-electron chi connectivity index (χ3n) is 6.46.